The molecule has 1 aromatic heterocycles. The number of benzene rings is 1. The van der Waals surface area contributed by atoms with E-state index in [0.29, 0.717) is 0 Å². The van der Waals surface area contributed by atoms with Gasteiger partial charge in [-0.15, -0.1) is 11.6 Å². The van der Waals surface area contributed by atoms with Gasteiger partial charge in [-0.1, -0.05) is 18.2 Å². The fraction of sp³-hybridized carbons (Fsp3) is 0.308. The van der Waals surface area contributed by atoms with E-state index in [1.807, 2.05) is 32.0 Å². The second-order valence-electron chi connectivity index (χ2n) is 3.92. The Bertz CT molecular complexity index is 477. The molecule has 0 saturated heterocycles. The van der Waals surface area contributed by atoms with Gasteiger partial charge in [-0.3, -0.25) is 4.98 Å². The Morgan fingerprint density at radius 1 is 1.33 bits per heavy atom. The molecule has 0 bridgehead atoms. The summed E-state index contributed by atoms with van der Waals surface area (Å²) in [5, 5.41) is 1.38. The first-order valence-electron chi connectivity index (χ1n) is 5.16. The Kier molecular flexibility index (Phi) is 2.92. The number of hydrogen-bond acceptors (Lipinski definition) is 1. The van der Waals surface area contributed by atoms with Crippen LogP contribution < -0.4 is 0 Å². The normalized spacial score (nSPS) is 13.0. The molecule has 2 aromatic rings. The van der Waals surface area contributed by atoms with Gasteiger partial charge in [0.15, 0.2) is 0 Å². The number of alkyl halides is 1. The van der Waals surface area contributed by atoms with E-state index in [1.165, 1.54) is 10.9 Å². The van der Waals surface area contributed by atoms with Crippen molar-refractivity contribution in [2.45, 2.75) is 25.6 Å². The van der Waals surface area contributed by atoms with Crippen LogP contribution in [0.3, 0.4) is 0 Å². The third-order valence-electron chi connectivity index (χ3n) is 2.43. The molecule has 0 amide bonds. The molecular formula is C13H14ClN. The van der Waals surface area contributed by atoms with Crippen LogP contribution in [0.15, 0.2) is 30.3 Å². The van der Waals surface area contributed by atoms with Crippen LogP contribution in [-0.4, -0.2) is 10.4 Å². The summed E-state index contributed by atoms with van der Waals surface area (Å²) in [7, 11) is 0. The van der Waals surface area contributed by atoms with E-state index in [2.05, 4.69) is 17.1 Å². The molecule has 1 nitrogen and oxygen atoms in total. The molecule has 0 N–H and O–H groups in total. The second kappa shape index (κ2) is 4.19. The average Bonchev–Trinajstić information content (AvgIpc) is 2.16. The highest BCUT2D eigenvalue weighted by molar-refractivity contribution is 6.20. The SMILES string of the molecule is Cc1cc(CC(C)Cl)c2ccccc2n1. The molecule has 0 spiro atoms. The summed E-state index contributed by atoms with van der Waals surface area (Å²) < 4.78 is 0. The zero-order valence-electron chi connectivity index (χ0n) is 9.00. The maximum Gasteiger partial charge on any atom is 0.0707 e. The molecule has 1 unspecified atom stereocenters. The van der Waals surface area contributed by atoms with Gasteiger partial charge in [-0.25, -0.2) is 0 Å². The minimum Gasteiger partial charge on any atom is -0.253 e. The number of aromatic nitrogens is 1. The molecule has 2 heteroatoms. The monoisotopic (exact) mass is 219 g/mol. The first-order valence-corrected chi connectivity index (χ1v) is 5.60. The van der Waals surface area contributed by atoms with E-state index in [1.54, 1.807) is 0 Å². The van der Waals surface area contributed by atoms with Crippen LogP contribution in [0.1, 0.15) is 18.2 Å². The predicted molar refractivity (Wildman–Crippen MR) is 65.5 cm³/mol. The Morgan fingerprint density at radius 2 is 2.07 bits per heavy atom. The van der Waals surface area contributed by atoms with Crippen molar-refractivity contribution in [3.63, 3.8) is 0 Å². The van der Waals surface area contributed by atoms with Crippen molar-refractivity contribution in [3.05, 3.63) is 41.6 Å². The van der Waals surface area contributed by atoms with Gasteiger partial charge in [0, 0.05) is 16.5 Å². The number of halogens is 1. The number of para-hydroxylation sites is 1. The van der Waals surface area contributed by atoms with Crippen molar-refractivity contribution in [1.29, 1.82) is 0 Å². The maximum absolute atomic E-state index is 6.04. The van der Waals surface area contributed by atoms with Gasteiger partial charge in [0.2, 0.25) is 0 Å². The Morgan fingerprint density at radius 3 is 2.80 bits per heavy atom. The Hall–Kier alpha value is -1.08. The number of nitrogens with zero attached hydrogens (tertiary/aromatic N) is 1. The first kappa shape index (κ1) is 10.4. The van der Waals surface area contributed by atoms with Gasteiger partial charge in [0.25, 0.3) is 0 Å². The quantitative estimate of drug-likeness (QED) is 0.702. The van der Waals surface area contributed by atoms with Crippen molar-refractivity contribution in [1.82, 2.24) is 4.98 Å². The van der Waals surface area contributed by atoms with Crippen LogP contribution >= 0.6 is 11.6 Å². The van der Waals surface area contributed by atoms with Crippen LogP contribution in [0.25, 0.3) is 10.9 Å². The zero-order chi connectivity index (χ0) is 10.8. The molecule has 78 valence electrons. The highest BCUT2D eigenvalue weighted by atomic mass is 35.5. The lowest BCUT2D eigenvalue weighted by Crippen LogP contribution is -1.99. The molecule has 0 radical (unpaired) electrons. The average molecular weight is 220 g/mol. The molecule has 1 atom stereocenters. The summed E-state index contributed by atoms with van der Waals surface area (Å²) in [5.41, 5.74) is 3.41. The van der Waals surface area contributed by atoms with E-state index in [0.717, 1.165) is 17.6 Å². The van der Waals surface area contributed by atoms with E-state index >= 15 is 0 Å². The number of aryl methyl sites for hydroxylation is 1. The molecule has 1 heterocycles. The molecule has 0 aliphatic heterocycles. The third kappa shape index (κ3) is 2.29. The third-order valence-corrected chi connectivity index (χ3v) is 2.59. The van der Waals surface area contributed by atoms with Crippen LogP contribution in [0.4, 0.5) is 0 Å². The topological polar surface area (TPSA) is 12.9 Å². The van der Waals surface area contributed by atoms with Crippen molar-refractivity contribution >= 4 is 22.5 Å². The van der Waals surface area contributed by atoms with Crippen LogP contribution in [0.5, 0.6) is 0 Å². The van der Waals surface area contributed by atoms with Gasteiger partial charge < -0.3 is 0 Å². The van der Waals surface area contributed by atoms with Gasteiger partial charge >= 0.3 is 0 Å². The van der Waals surface area contributed by atoms with E-state index < -0.39 is 0 Å². The number of rotatable bonds is 2. The summed E-state index contributed by atoms with van der Waals surface area (Å²) in [6, 6.07) is 10.3. The van der Waals surface area contributed by atoms with Crippen molar-refractivity contribution < 1.29 is 0 Å². The number of fused-ring (bicyclic) bond motifs is 1. The minimum absolute atomic E-state index is 0.162. The Balaban J connectivity index is 2.60. The standard InChI is InChI=1S/C13H14ClN/c1-9(14)7-11-8-10(2)15-13-6-4-3-5-12(11)13/h3-6,8-9H,7H2,1-2H3. The van der Waals surface area contributed by atoms with Gasteiger partial charge in [0.05, 0.1) is 5.52 Å². The molecule has 0 fully saturated rings. The van der Waals surface area contributed by atoms with E-state index in [9.17, 15) is 0 Å². The van der Waals surface area contributed by atoms with Crippen molar-refractivity contribution in [2.24, 2.45) is 0 Å². The fourth-order valence-corrected chi connectivity index (χ4v) is 2.03. The molecule has 15 heavy (non-hydrogen) atoms. The van der Waals surface area contributed by atoms with Gasteiger partial charge in [-0.2, -0.15) is 0 Å². The maximum atomic E-state index is 6.04. The molecular weight excluding hydrogens is 206 g/mol. The fourth-order valence-electron chi connectivity index (χ4n) is 1.87. The smallest absolute Gasteiger partial charge is 0.0707 e. The molecule has 0 aliphatic rings. The summed E-state index contributed by atoms with van der Waals surface area (Å²) in [6.45, 7) is 4.04. The molecule has 0 aliphatic carbocycles. The number of hydrogen-bond donors (Lipinski definition) is 0. The van der Waals surface area contributed by atoms with Gasteiger partial charge in [0.1, 0.15) is 0 Å². The first-order chi connectivity index (χ1) is 7.16. The molecule has 1 aromatic carbocycles. The second-order valence-corrected chi connectivity index (χ2v) is 4.67. The highest BCUT2D eigenvalue weighted by Gasteiger charge is 2.05. The van der Waals surface area contributed by atoms with Crippen LogP contribution in [0, 0.1) is 6.92 Å². The summed E-state index contributed by atoms with van der Waals surface area (Å²) in [5.74, 6) is 0. The molecule has 2 rings (SSSR count). The Labute approximate surface area is 95.1 Å². The zero-order valence-corrected chi connectivity index (χ0v) is 9.75. The lowest BCUT2D eigenvalue weighted by molar-refractivity contribution is 0.934. The lowest BCUT2D eigenvalue weighted by Gasteiger charge is -2.08. The predicted octanol–water partition coefficient (Wildman–Crippen LogP) is 3.71. The largest absolute Gasteiger partial charge is 0.253 e. The molecule has 0 saturated carbocycles. The summed E-state index contributed by atoms with van der Waals surface area (Å²) in [4.78, 5) is 4.50. The lowest BCUT2D eigenvalue weighted by atomic mass is 10.0. The highest BCUT2D eigenvalue weighted by Crippen LogP contribution is 2.20. The minimum atomic E-state index is 0.162. The van der Waals surface area contributed by atoms with E-state index in [4.69, 9.17) is 11.6 Å². The van der Waals surface area contributed by atoms with Crippen molar-refractivity contribution in [3.8, 4) is 0 Å². The van der Waals surface area contributed by atoms with Crippen LogP contribution in [0.2, 0.25) is 0 Å². The summed E-state index contributed by atoms with van der Waals surface area (Å²) >= 11 is 6.04. The van der Waals surface area contributed by atoms with Crippen LogP contribution in [-0.2, 0) is 6.42 Å². The van der Waals surface area contributed by atoms with Gasteiger partial charge in [-0.05, 0) is 38.0 Å². The number of pyridine rings is 1. The van der Waals surface area contributed by atoms with E-state index in [-0.39, 0.29) is 5.38 Å². The summed E-state index contributed by atoms with van der Waals surface area (Å²) in [6.07, 6.45) is 0.894. The van der Waals surface area contributed by atoms with Crippen molar-refractivity contribution in [2.75, 3.05) is 0 Å².